The molecule has 2 rings (SSSR count). The van der Waals surface area contributed by atoms with Gasteiger partial charge in [-0.05, 0) is 25.5 Å². The van der Waals surface area contributed by atoms with Crippen molar-refractivity contribution in [1.82, 2.24) is 5.32 Å². The van der Waals surface area contributed by atoms with Crippen molar-refractivity contribution in [1.29, 1.82) is 0 Å². The van der Waals surface area contributed by atoms with Crippen molar-refractivity contribution in [3.8, 4) is 0 Å². The molecule has 2 atom stereocenters. The quantitative estimate of drug-likeness (QED) is 0.754. The van der Waals surface area contributed by atoms with Crippen molar-refractivity contribution in [2.45, 2.75) is 32.7 Å². The first kappa shape index (κ1) is 18.1. The molecule has 0 fully saturated rings. The van der Waals surface area contributed by atoms with Gasteiger partial charge in [-0.25, -0.2) is 0 Å². The molecule has 0 aliphatic carbocycles. The number of carbonyl (C=O) groups is 2. The fourth-order valence-electron chi connectivity index (χ4n) is 2.67. The molecule has 24 heavy (non-hydrogen) atoms. The van der Waals surface area contributed by atoms with Gasteiger partial charge >= 0.3 is 0 Å². The van der Waals surface area contributed by atoms with Gasteiger partial charge in [-0.3, -0.25) is 9.59 Å². The molecule has 0 bridgehead atoms. The molecule has 3 nitrogen and oxygen atoms in total. The van der Waals surface area contributed by atoms with Crippen LogP contribution in [-0.4, -0.2) is 24.7 Å². The van der Waals surface area contributed by atoms with E-state index in [0.717, 1.165) is 12.0 Å². The number of hydrogen-bond acceptors (Lipinski definition) is 3. The maximum Gasteiger partial charge on any atom is 0.193 e. The molecule has 0 saturated carbocycles. The topological polar surface area (TPSA) is 46.2 Å². The summed E-state index contributed by atoms with van der Waals surface area (Å²) in [5.74, 6) is 0.314. The lowest BCUT2D eigenvalue weighted by molar-refractivity contribution is -0.124. The zero-order valence-corrected chi connectivity index (χ0v) is 14.6. The van der Waals surface area contributed by atoms with Crippen LogP contribution in [0.2, 0.25) is 0 Å². The number of nitrogens with one attached hydrogen (secondary N) is 1. The zero-order valence-electron chi connectivity index (χ0n) is 14.6. The van der Waals surface area contributed by atoms with E-state index in [1.807, 2.05) is 75.5 Å². The highest BCUT2D eigenvalue weighted by atomic mass is 16.1. The van der Waals surface area contributed by atoms with Crippen LogP contribution in [0.1, 0.15) is 41.8 Å². The Labute approximate surface area is 144 Å². The monoisotopic (exact) mass is 323 g/mol. The molecule has 126 valence electrons. The molecule has 3 heteroatoms. The summed E-state index contributed by atoms with van der Waals surface area (Å²) < 4.78 is 0. The Bertz CT molecular complexity index is 677. The Morgan fingerprint density at radius 2 is 1.54 bits per heavy atom. The van der Waals surface area contributed by atoms with Crippen LogP contribution >= 0.6 is 0 Å². The SMILES string of the molecule is CCC(C)C(=O)C(Cc1ccc(C(=O)c2ccccc2)cc1)NC. The molecule has 1 N–H and O–H groups in total. The van der Waals surface area contributed by atoms with E-state index < -0.39 is 0 Å². The van der Waals surface area contributed by atoms with Crippen LogP contribution in [0.25, 0.3) is 0 Å². The number of hydrogen-bond donors (Lipinski definition) is 1. The summed E-state index contributed by atoms with van der Waals surface area (Å²) in [5, 5.41) is 3.11. The van der Waals surface area contributed by atoms with Gasteiger partial charge in [0.1, 0.15) is 0 Å². The van der Waals surface area contributed by atoms with Crippen LogP contribution in [-0.2, 0) is 11.2 Å². The molecular weight excluding hydrogens is 298 g/mol. The number of Topliss-reactive ketones (excluding diaryl/α,β-unsaturated/α-hetero) is 1. The van der Waals surface area contributed by atoms with Crippen molar-refractivity contribution in [2.75, 3.05) is 7.05 Å². The van der Waals surface area contributed by atoms with E-state index in [4.69, 9.17) is 0 Å². The lowest BCUT2D eigenvalue weighted by Gasteiger charge is -2.18. The predicted octanol–water partition coefficient (Wildman–Crippen LogP) is 3.66. The van der Waals surface area contributed by atoms with Crippen molar-refractivity contribution in [2.24, 2.45) is 5.92 Å². The standard InChI is InChI=1S/C21H25NO2/c1-4-15(2)20(23)19(22-3)14-16-10-12-18(13-11-16)21(24)17-8-6-5-7-9-17/h5-13,15,19,22H,4,14H2,1-3H3. The van der Waals surface area contributed by atoms with Crippen LogP contribution in [0.5, 0.6) is 0 Å². The fourth-order valence-corrected chi connectivity index (χ4v) is 2.67. The summed E-state index contributed by atoms with van der Waals surface area (Å²) in [6, 6.07) is 16.6. The minimum absolute atomic E-state index is 0.0167. The first-order valence-electron chi connectivity index (χ1n) is 8.46. The minimum Gasteiger partial charge on any atom is -0.310 e. The largest absolute Gasteiger partial charge is 0.310 e. The first-order chi connectivity index (χ1) is 11.6. The van der Waals surface area contributed by atoms with E-state index in [0.29, 0.717) is 17.5 Å². The van der Waals surface area contributed by atoms with Crippen LogP contribution < -0.4 is 5.32 Å². The van der Waals surface area contributed by atoms with Gasteiger partial charge in [0.15, 0.2) is 11.6 Å². The molecule has 2 unspecified atom stereocenters. The second-order valence-corrected chi connectivity index (χ2v) is 6.15. The second-order valence-electron chi connectivity index (χ2n) is 6.15. The molecule has 0 saturated heterocycles. The zero-order chi connectivity index (χ0) is 17.5. The highest BCUT2D eigenvalue weighted by molar-refractivity contribution is 6.08. The summed E-state index contributed by atoms with van der Waals surface area (Å²) in [7, 11) is 1.82. The minimum atomic E-state index is -0.185. The molecule has 0 radical (unpaired) electrons. The molecule has 0 aromatic heterocycles. The smallest absolute Gasteiger partial charge is 0.193 e. The van der Waals surface area contributed by atoms with E-state index in [9.17, 15) is 9.59 Å². The van der Waals surface area contributed by atoms with Crippen LogP contribution in [0.15, 0.2) is 54.6 Å². The van der Waals surface area contributed by atoms with Gasteiger partial charge in [0, 0.05) is 17.0 Å². The second kappa shape index (κ2) is 8.55. The first-order valence-corrected chi connectivity index (χ1v) is 8.46. The summed E-state index contributed by atoms with van der Waals surface area (Å²) in [6.45, 7) is 3.99. The molecule has 2 aromatic rings. The lowest BCUT2D eigenvalue weighted by atomic mass is 9.92. The highest BCUT2D eigenvalue weighted by Crippen LogP contribution is 2.14. The Morgan fingerprint density at radius 3 is 2.08 bits per heavy atom. The maximum atomic E-state index is 12.4. The van der Waals surface area contributed by atoms with Gasteiger partial charge in [0.2, 0.25) is 0 Å². The van der Waals surface area contributed by atoms with E-state index in [1.165, 1.54) is 0 Å². The third kappa shape index (κ3) is 4.39. The number of ketones is 2. The summed E-state index contributed by atoms with van der Waals surface area (Å²) in [5.41, 5.74) is 2.40. The van der Waals surface area contributed by atoms with Gasteiger partial charge in [-0.2, -0.15) is 0 Å². The molecule has 0 aliphatic rings. The molecule has 0 aliphatic heterocycles. The van der Waals surface area contributed by atoms with Crippen molar-refractivity contribution >= 4 is 11.6 Å². The summed E-state index contributed by atoms with van der Waals surface area (Å²) >= 11 is 0. The Balaban J connectivity index is 2.09. The third-order valence-corrected chi connectivity index (χ3v) is 4.48. The van der Waals surface area contributed by atoms with Crippen molar-refractivity contribution in [3.63, 3.8) is 0 Å². The Morgan fingerprint density at radius 1 is 0.958 bits per heavy atom. The fraction of sp³-hybridized carbons (Fsp3) is 0.333. The number of rotatable bonds is 8. The Kier molecular flexibility index (Phi) is 6.44. The van der Waals surface area contributed by atoms with Gasteiger partial charge in [0.25, 0.3) is 0 Å². The normalized spacial score (nSPS) is 13.3. The third-order valence-electron chi connectivity index (χ3n) is 4.48. The van der Waals surface area contributed by atoms with E-state index in [-0.39, 0.29) is 23.5 Å². The van der Waals surface area contributed by atoms with Gasteiger partial charge in [-0.1, -0.05) is 68.4 Å². The van der Waals surface area contributed by atoms with Crippen molar-refractivity contribution < 1.29 is 9.59 Å². The van der Waals surface area contributed by atoms with Gasteiger partial charge in [-0.15, -0.1) is 0 Å². The van der Waals surface area contributed by atoms with Gasteiger partial charge in [0.05, 0.1) is 6.04 Å². The number of carbonyl (C=O) groups excluding carboxylic acids is 2. The summed E-state index contributed by atoms with van der Waals surface area (Å²) in [4.78, 5) is 24.8. The molecule has 0 heterocycles. The predicted molar refractivity (Wildman–Crippen MR) is 97.3 cm³/mol. The number of likely N-dealkylation sites (N-methyl/N-ethyl adjacent to an activating group) is 1. The maximum absolute atomic E-state index is 12.4. The van der Waals surface area contributed by atoms with E-state index in [2.05, 4.69) is 5.32 Å². The van der Waals surface area contributed by atoms with E-state index in [1.54, 1.807) is 0 Å². The number of benzene rings is 2. The molecular formula is C21H25NO2. The van der Waals surface area contributed by atoms with Crippen LogP contribution in [0.4, 0.5) is 0 Å². The van der Waals surface area contributed by atoms with Crippen LogP contribution in [0.3, 0.4) is 0 Å². The molecule has 0 amide bonds. The van der Waals surface area contributed by atoms with E-state index >= 15 is 0 Å². The molecule has 2 aromatic carbocycles. The molecule has 0 spiro atoms. The average molecular weight is 323 g/mol. The average Bonchev–Trinajstić information content (AvgIpc) is 2.65. The van der Waals surface area contributed by atoms with Crippen LogP contribution in [0, 0.1) is 5.92 Å². The van der Waals surface area contributed by atoms with Gasteiger partial charge < -0.3 is 5.32 Å². The van der Waals surface area contributed by atoms with Crippen molar-refractivity contribution in [3.05, 3.63) is 71.3 Å². The Hall–Kier alpha value is -2.26. The lowest BCUT2D eigenvalue weighted by Crippen LogP contribution is -2.39. The summed E-state index contributed by atoms with van der Waals surface area (Å²) in [6.07, 6.45) is 1.49. The highest BCUT2D eigenvalue weighted by Gasteiger charge is 2.21.